The van der Waals surface area contributed by atoms with Gasteiger partial charge >= 0.3 is 0 Å². The molecule has 1 aromatic heterocycles. The van der Waals surface area contributed by atoms with Gasteiger partial charge in [0.2, 0.25) is 11.7 Å². The van der Waals surface area contributed by atoms with Crippen molar-refractivity contribution in [2.45, 2.75) is 39.3 Å². The number of ether oxygens (including phenoxy) is 2. The quantitative estimate of drug-likeness (QED) is 0.842. The standard InChI is InChI=1S/C15H21N3O3/c1-4-12(16)8-11-6-5-7-13(19-3)15(11)20-9-14-17-10(2)21-18-14/h5-7,12H,4,8-9,16H2,1-3H3. The Balaban J connectivity index is 2.18. The monoisotopic (exact) mass is 291 g/mol. The Morgan fingerprint density at radius 3 is 2.81 bits per heavy atom. The van der Waals surface area contributed by atoms with Crippen LogP contribution in [-0.2, 0) is 13.0 Å². The van der Waals surface area contributed by atoms with E-state index in [2.05, 4.69) is 17.1 Å². The van der Waals surface area contributed by atoms with Gasteiger partial charge in [-0.25, -0.2) is 0 Å². The smallest absolute Gasteiger partial charge is 0.223 e. The van der Waals surface area contributed by atoms with Gasteiger partial charge in [-0.3, -0.25) is 0 Å². The molecule has 0 aliphatic heterocycles. The van der Waals surface area contributed by atoms with Gasteiger partial charge in [-0.05, 0) is 24.5 Å². The Morgan fingerprint density at radius 2 is 2.19 bits per heavy atom. The highest BCUT2D eigenvalue weighted by molar-refractivity contribution is 5.47. The van der Waals surface area contributed by atoms with Crippen molar-refractivity contribution in [2.75, 3.05) is 7.11 Å². The molecule has 0 saturated carbocycles. The van der Waals surface area contributed by atoms with Gasteiger partial charge in [0.25, 0.3) is 0 Å². The highest BCUT2D eigenvalue weighted by atomic mass is 16.5. The van der Waals surface area contributed by atoms with Gasteiger partial charge in [-0.15, -0.1) is 0 Å². The maximum Gasteiger partial charge on any atom is 0.223 e. The second-order valence-corrected chi connectivity index (χ2v) is 4.84. The number of aromatic nitrogens is 2. The summed E-state index contributed by atoms with van der Waals surface area (Å²) >= 11 is 0. The van der Waals surface area contributed by atoms with Crippen LogP contribution in [0.5, 0.6) is 11.5 Å². The normalized spacial score (nSPS) is 12.2. The molecule has 0 radical (unpaired) electrons. The van der Waals surface area contributed by atoms with Gasteiger partial charge in [0.05, 0.1) is 7.11 Å². The first kappa shape index (κ1) is 15.3. The van der Waals surface area contributed by atoms with E-state index in [0.717, 1.165) is 18.4 Å². The number of nitrogens with zero attached hydrogens (tertiary/aromatic N) is 2. The Kier molecular flexibility index (Phi) is 5.16. The van der Waals surface area contributed by atoms with Crippen LogP contribution in [0.4, 0.5) is 0 Å². The first-order chi connectivity index (χ1) is 10.1. The fraction of sp³-hybridized carbons (Fsp3) is 0.467. The largest absolute Gasteiger partial charge is 0.493 e. The zero-order valence-corrected chi connectivity index (χ0v) is 12.6. The number of nitrogens with two attached hydrogens (primary N) is 1. The summed E-state index contributed by atoms with van der Waals surface area (Å²) in [5.74, 6) is 2.38. The van der Waals surface area contributed by atoms with E-state index in [1.807, 2.05) is 18.2 Å². The van der Waals surface area contributed by atoms with Crippen LogP contribution in [0.25, 0.3) is 0 Å². The summed E-state index contributed by atoms with van der Waals surface area (Å²) in [4.78, 5) is 4.12. The summed E-state index contributed by atoms with van der Waals surface area (Å²) in [6.07, 6.45) is 1.63. The molecule has 0 amide bonds. The summed E-state index contributed by atoms with van der Waals surface area (Å²) in [7, 11) is 1.62. The van der Waals surface area contributed by atoms with E-state index >= 15 is 0 Å². The van der Waals surface area contributed by atoms with Gasteiger partial charge in [0.1, 0.15) is 0 Å². The molecule has 2 rings (SSSR count). The third kappa shape index (κ3) is 3.95. The minimum Gasteiger partial charge on any atom is -0.493 e. The molecule has 6 heteroatoms. The third-order valence-corrected chi connectivity index (χ3v) is 3.20. The highest BCUT2D eigenvalue weighted by Gasteiger charge is 2.14. The molecular weight excluding hydrogens is 270 g/mol. The van der Waals surface area contributed by atoms with Crippen molar-refractivity contribution in [3.8, 4) is 11.5 Å². The molecule has 6 nitrogen and oxygen atoms in total. The van der Waals surface area contributed by atoms with Gasteiger partial charge in [-0.1, -0.05) is 24.2 Å². The lowest BCUT2D eigenvalue weighted by Crippen LogP contribution is -2.21. The van der Waals surface area contributed by atoms with E-state index < -0.39 is 0 Å². The summed E-state index contributed by atoms with van der Waals surface area (Å²) in [6.45, 7) is 4.03. The van der Waals surface area contributed by atoms with Crippen molar-refractivity contribution in [1.29, 1.82) is 0 Å². The molecule has 0 bridgehead atoms. The van der Waals surface area contributed by atoms with Crippen LogP contribution in [0, 0.1) is 6.92 Å². The van der Waals surface area contributed by atoms with E-state index in [1.54, 1.807) is 14.0 Å². The maximum absolute atomic E-state index is 6.04. The summed E-state index contributed by atoms with van der Waals surface area (Å²) in [6, 6.07) is 5.88. The van der Waals surface area contributed by atoms with Crippen molar-refractivity contribution >= 4 is 0 Å². The number of hydrogen-bond acceptors (Lipinski definition) is 6. The Labute approximate surface area is 124 Å². The number of aryl methyl sites for hydroxylation is 1. The molecule has 0 saturated heterocycles. The average molecular weight is 291 g/mol. The SMILES string of the molecule is CCC(N)Cc1cccc(OC)c1OCc1noc(C)n1. The van der Waals surface area contributed by atoms with E-state index in [1.165, 1.54) is 0 Å². The van der Waals surface area contributed by atoms with Crippen LogP contribution in [0.3, 0.4) is 0 Å². The fourth-order valence-electron chi connectivity index (χ4n) is 2.01. The Hall–Kier alpha value is -2.08. The molecule has 2 N–H and O–H groups in total. The molecule has 0 spiro atoms. The van der Waals surface area contributed by atoms with Crippen LogP contribution in [0.2, 0.25) is 0 Å². The molecule has 2 aromatic rings. The lowest BCUT2D eigenvalue weighted by molar-refractivity contribution is 0.266. The topological polar surface area (TPSA) is 83.4 Å². The number of methoxy groups -OCH3 is 1. The van der Waals surface area contributed by atoms with Crippen LogP contribution in [0.1, 0.15) is 30.6 Å². The van der Waals surface area contributed by atoms with Crippen molar-refractivity contribution in [2.24, 2.45) is 5.73 Å². The Bertz CT molecular complexity index is 583. The molecule has 1 unspecified atom stereocenters. The predicted octanol–water partition coefficient (Wildman–Crippen LogP) is 2.25. The zero-order valence-electron chi connectivity index (χ0n) is 12.6. The number of rotatable bonds is 7. The van der Waals surface area contributed by atoms with Gasteiger partial charge in [0, 0.05) is 13.0 Å². The van der Waals surface area contributed by atoms with E-state index in [0.29, 0.717) is 23.2 Å². The van der Waals surface area contributed by atoms with Crippen molar-refractivity contribution < 1.29 is 14.0 Å². The van der Waals surface area contributed by atoms with Crippen molar-refractivity contribution in [1.82, 2.24) is 10.1 Å². The maximum atomic E-state index is 6.04. The minimum atomic E-state index is 0.0897. The lowest BCUT2D eigenvalue weighted by atomic mass is 10.0. The average Bonchev–Trinajstić information content (AvgIpc) is 2.91. The van der Waals surface area contributed by atoms with E-state index in [4.69, 9.17) is 19.7 Å². The number of para-hydroxylation sites is 1. The molecular formula is C15H21N3O3. The summed E-state index contributed by atoms with van der Waals surface area (Å²) in [5, 5.41) is 3.82. The Morgan fingerprint density at radius 1 is 1.38 bits per heavy atom. The highest BCUT2D eigenvalue weighted by Crippen LogP contribution is 2.32. The van der Waals surface area contributed by atoms with Crippen LogP contribution in [-0.4, -0.2) is 23.3 Å². The molecule has 0 aliphatic carbocycles. The number of benzene rings is 1. The van der Waals surface area contributed by atoms with Gasteiger partial charge in [-0.2, -0.15) is 4.98 Å². The molecule has 114 valence electrons. The van der Waals surface area contributed by atoms with Crippen LogP contribution >= 0.6 is 0 Å². The molecule has 21 heavy (non-hydrogen) atoms. The van der Waals surface area contributed by atoms with Crippen LogP contribution < -0.4 is 15.2 Å². The zero-order chi connectivity index (χ0) is 15.2. The minimum absolute atomic E-state index is 0.0897. The third-order valence-electron chi connectivity index (χ3n) is 3.20. The molecule has 0 aliphatic rings. The summed E-state index contributed by atoms with van der Waals surface area (Å²) in [5.41, 5.74) is 7.06. The molecule has 1 atom stereocenters. The first-order valence-corrected chi connectivity index (χ1v) is 6.97. The van der Waals surface area contributed by atoms with Crippen molar-refractivity contribution in [3.05, 3.63) is 35.5 Å². The lowest BCUT2D eigenvalue weighted by Gasteiger charge is -2.16. The van der Waals surface area contributed by atoms with E-state index in [-0.39, 0.29) is 12.6 Å². The van der Waals surface area contributed by atoms with E-state index in [9.17, 15) is 0 Å². The summed E-state index contributed by atoms with van der Waals surface area (Å²) < 4.78 is 16.1. The van der Waals surface area contributed by atoms with Crippen molar-refractivity contribution in [3.63, 3.8) is 0 Å². The first-order valence-electron chi connectivity index (χ1n) is 6.97. The molecule has 1 heterocycles. The second-order valence-electron chi connectivity index (χ2n) is 4.84. The van der Waals surface area contributed by atoms with Crippen LogP contribution in [0.15, 0.2) is 22.7 Å². The second kappa shape index (κ2) is 7.08. The predicted molar refractivity (Wildman–Crippen MR) is 78.3 cm³/mol. The molecule has 1 aromatic carbocycles. The van der Waals surface area contributed by atoms with Gasteiger partial charge < -0.3 is 19.7 Å². The van der Waals surface area contributed by atoms with Gasteiger partial charge in [0.15, 0.2) is 18.1 Å². The fourth-order valence-corrected chi connectivity index (χ4v) is 2.01. The molecule has 0 fully saturated rings. The number of hydrogen-bond donors (Lipinski definition) is 1.